The third-order valence-corrected chi connectivity index (χ3v) is 3.46. The molecule has 2 rings (SSSR count). The third-order valence-electron chi connectivity index (χ3n) is 3.46. The van der Waals surface area contributed by atoms with Gasteiger partial charge in [0, 0.05) is 65.3 Å². The highest BCUT2D eigenvalue weighted by molar-refractivity contribution is 5.29. The van der Waals surface area contributed by atoms with E-state index in [0.29, 0.717) is 0 Å². The summed E-state index contributed by atoms with van der Waals surface area (Å²) < 4.78 is 2.23. The van der Waals surface area contributed by atoms with Gasteiger partial charge < -0.3 is 14.8 Å². The maximum atomic E-state index is 4.46. The van der Waals surface area contributed by atoms with Crippen LogP contribution in [-0.2, 0) is 6.54 Å². The maximum absolute atomic E-state index is 4.46. The van der Waals surface area contributed by atoms with Crippen molar-refractivity contribution in [2.75, 3.05) is 51.2 Å². The van der Waals surface area contributed by atoms with Crippen LogP contribution in [-0.4, -0.2) is 60.8 Å². The van der Waals surface area contributed by atoms with Crippen LogP contribution in [0.3, 0.4) is 0 Å². The number of anilines is 1. The Labute approximate surface area is 110 Å². The number of aromatic nitrogens is 2. The molecular weight excluding hydrogens is 226 g/mol. The van der Waals surface area contributed by atoms with Gasteiger partial charge in [0.25, 0.3) is 0 Å². The molecule has 0 unspecified atom stereocenters. The van der Waals surface area contributed by atoms with Crippen molar-refractivity contribution in [2.45, 2.75) is 19.9 Å². The maximum Gasteiger partial charge on any atom is 0.205 e. The van der Waals surface area contributed by atoms with Gasteiger partial charge in [-0.1, -0.05) is 6.92 Å². The highest BCUT2D eigenvalue weighted by Crippen LogP contribution is 2.10. The molecule has 0 spiro atoms. The first-order valence-corrected chi connectivity index (χ1v) is 6.96. The molecule has 1 aromatic heterocycles. The summed E-state index contributed by atoms with van der Waals surface area (Å²) in [5, 5.41) is 3.38. The first-order chi connectivity index (χ1) is 8.81. The molecule has 5 heteroatoms. The molecule has 1 fully saturated rings. The Morgan fingerprint density at radius 1 is 1.33 bits per heavy atom. The second kappa shape index (κ2) is 6.75. The zero-order valence-electron chi connectivity index (χ0n) is 11.6. The largest absolute Gasteiger partial charge is 0.344 e. The van der Waals surface area contributed by atoms with Crippen LogP contribution in [0.1, 0.15) is 13.3 Å². The Hall–Kier alpha value is -1.07. The molecule has 18 heavy (non-hydrogen) atoms. The van der Waals surface area contributed by atoms with Gasteiger partial charge in [0.15, 0.2) is 0 Å². The molecule has 1 saturated heterocycles. The van der Waals surface area contributed by atoms with Crippen molar-refractivity contribution in [3.8, 4) is 0 Å². The summed E-state index contributed by atoms with van der Waals surface area (Å²) in [6, 6.07) is 0. The lowest BCUT2D eigenvalue weighted by molar-refractivity contribution is 0.246. The van der Waals surface area contributed by atoms with Crippen molar-refractivity contribution in [2.24, 2.45) is 0 Å². The number of imidazole rings is 1. The van der Waals surface area contributed by atoms with Gasteiger partial charge in [0.1, 0.15) is 0 Å². The first-order valence-electron chi connectivity index (χ1n) is 6.96. The number of likely N-dealkylation sites (N-methyl/N-ethyl adjacent to an activating group) is 1. The van der Waals surface area contributed by atoms with Gasteiger partial charge in [0.05, 0.1) is 0 Å². The SMILES string of the molecule is CCCn1ccnc1N(C)CCN1CCNCC1. The van der Waals surface area contributed by atoms with Crippen LogP contribution in [0.2, 0.25) is 0 Å². The van der Waals surface area contributed by atoms with Crippen molar-refractivity contribution in [3.63, 3.8) is 0 Å². The van der Waals surface area contributed by atoms with Crippen molar-refractivity contribution < 1.29 is 0 Å². The lowest BCUT2D eigenvalue weighted by Gasteiger charge is -2.29. The Bertz CT molecular complexity index is 343. The van der Waals surface area contributed by atoms with Crippen molar-refractivity contribution in [3.05, 3.63) is 12.4 Å². The lowest BCUT2D eigenvalue weighted by Crippen LogP contribution is -2.46. The van der Waals surface area contributed by atoms with E-state index in [-0.39, 0.29) is 0 Å². The first kappa shape index (κ1) is 13.4. The van der Waals surface area contributed by atoms with Crippen molar-refractivity contribution >= 4 is 5.95 Å². The van der Waals surface area contributed by atoms with Crippen molar-refractivity contribution in [1.29, 1.82) is 0 Å². The molecule has 1 aliphatic heterocycles. The van der Waals surface area contributed by atoms with Gasteiger partial charge in [0.2, 0.25) is 5.95 Å². The van der Waals surface area contributed by atoms with E-state index in [9.17, 15) is 0 Å². The second-order valence-corrected chi connectivity index (χ2v) is 4.93. The van der Waals surface area contributed by atoms with Crippen LogP contribution in [0.4, 0.5) is 5.95 Å². The summed E-state index contributed by atoms with van der Waals surface area (Å²) in [5.74, 6) is 1.09. The number of nitrogens with one attached hydrogen (secondary N) is 1. The standard InChI is InChI=1S/C13H25N5/c1-3-7-18-10-6-15-13(18)16(2)11-12-17-8-4-14-5-9-17/h6,10,14H,3-5,7-9,11-12H2,1-2H3. The Balaban J connectivity index is 1.82. The van der Waals surface area contributed by atoms with E-state index in [4.69, 9.17) is 0 Å². The van der Waals surface area contributed by atoms with Crippen LogP contribution < -0.4 is 10.2 Å². The second-order valence-electron chi connectivity index (χ2n) is 4.93. The number of hydrogen-bond donors (Lipinski definition) is 1. The van der Waals surface area contributed by atoms with E-state index in [0.717, 1.165) is 58.2 Å². The predicted octanol–water partition coefficient (Wildman–Crippen LogP) is 0.635. The van der Waals surface area contributed by atoms with Crippen LogP contribution in [0.15, 0.2) is 12.4 Å². The fourth-order valence-corrected chi connectivity index (χ4v) is 2.38. The minimum absolute atomic E-state index is 1.04. The molecule has 5 nitrogen and oxygen atoms in total. The minimum atomic E-state index is 1.04. The summed E-state index contributed by atoms with van der Waals surface area (Å²) in [6.45, 7) is 9.98. The van der Waals surface area contributed by atoms with Crippen LogP contribution in [0, 0.1) is 0 Å². The Morgan fingerprint density at radius 2 is 2.11 bits per heavy atom. The van der Waals surface area contributed by atoms with Gasteiger partial charge in [-0.2, -0.15) is 0 Å². The average Bonchev–Trinajstić information content (AvgIpc) is 2.86. The van der Waals surface area contributed by atoms with Crippen LogP contribution >= 0.6 is 0 Å². The van der Waals surface area contributed by atoms with Gasteiger partial charge in [-0.15, -0.1) is 0 Å². The van der Waals surface area contributed by atoms with Crippen LogP contribution in [0.25, 0.3) is 0 Å². The zero-order chi connectivity index (χ0) is 12.8. The molecule has 1 N–H and O–H groups in total. The molecule has 0 saturated carbocycles. The van der Waals surface area contributed by atoms with E-state index in [1.165, 1.54) is 0 Å². The molecule has 1 aromatic rings. The number of aryl methyl sites for hydroxylation is 1. The Kier molecular flexibility index (Phi) is 5.01. The normalized spacial score (nSPS) is 17.0. The summed E-state index contributed by atoms with van der Waals surface area (Å²) in [7, 11) is 2.14. The van der Waals surface area contributed by atoms with E-state index in [1.807, 2.05) is 6.20 Å². The quantitative estimate of drug-likeness (QED) is 0.805. The van der Waals surface area contributed by atoms with E-state index in [1.54, 1.807) is 0 Å². The molecule has 0 bridgehead atoms. The number of rotatable bonds is 6. The van der Waals surface area contributed by atoms with Gasteiger partial charge in [-0.25, -0.2) is 4.98 Å². The Morgan fingerprint density at radius 3 is 2.83 bits per heavy atom. The molecular formula is C13H25N5. The summed E-state index contributed by atoms with van der Waals surface area (Å²) in [5.41, 5.74) is 0. The molecule has 1 aliphatic rings. The summed E-state index contributed by atoms with van der Waals surface area (Å²) in [4.78, 5) is 9.23. The smallest absolute Gasteiger partial charge is 0.205 e. The minimum Gasteiger partial charge on any atom is -0.344 e. The summed E-state index contributed by atoms with van der Waals surface area (Å²) in [6.07, 6.45) is 5.11. The molecule has 0 aromatic carbocycles. The van der Waals surface area contributed by atoms with Crippen LogP contribution in [0.5, 0.6) is 0 Å². The fraction of sp³-hybridized carbons (Fsp3) is 0.769. The molecule has 0 amide bonds. The predicted molar refractivity (Wildman–Crippen MR) is 75.1 cm³/mol. The average molecular weight is 251 g/mol. The molecule has 2 heterocycles. The lowest BCUT2D eigenvalue weighted by atomic mass is 10.3. The highest BCUT2D eigenvalue weighted by Gasteiger charge is 2.12. The molecule has 0 aliphatic carbocycles. The summed E-state index contributed by atoms with van der Waals surface area (Å²) >= 11 is 0. The van der Waals surface area contributed by atoms with E-state index < -0.39 is 0 Å². The number of piperazine rings is 1. The molecule has 0 atom stereocenters. The third kappa shape index (κ3) is 3.46. The van der Waals surface area contributed by atoms with Gasteiger partial charge >= 0.3 is 0 Å². The van der Waals surface area contributed by atoms with Crippen molar-refractivity contribution in [1.82, 2.24) is 19.8 Å². The number of hydrogen-bond acceptors (Lipinski definition) is 4. The van der Waals surface area contributed by atoms with E-state index in [2.05, 4.69) is 44.8 Å². The monoisotopic (exact) mass is 251 g/mol. The molecule has 102 valence electrons. The zero-order valence-corrected chi connectivity index (χ0v) is 11.6. The van der Waals surface area contributed by atoms with E-state index >= 15 is 0 Å². The molecule has 0 radical (unpaired) electrons. The number of nitrogens with zero attached hydrogens (tertiary/aromatic N) is 4. The van der Waals surface area contributed by atoms with Gasteiger partial charge in [-0.3, -0.25) is 4.90 Å². The topological polar surface area (TPSA) is 36.3 Å². The van der Waals surface area contributed by atoms with Gasteiger partial charge in [-0.05, 0) is 6.42 Å². The highest BCUT2D eigenvalue weighted by atomic mass is 15.3. The fourth-order valence-electron chi connectivity index (χ4n) is 2.38.